The Morgan fingerprint density at radius 2 is 2.25 bits per heavy atom. The van der Waals surface area contributed by atoms with Crippen LogP contribution in [0.25, 0.3) is 16.6 Å². The van der Waals surface area contributed by atoms with Crippen LogP contribution in [0.4, 0.5) is 0 Å². The first kappa shape index (κ1) is 17.3. The maximum Gasteiger partial charge on any atom is 0.223 e. The average Bonchev–Trinajstić information content (AvgIpc) is 3.12. The third kappa shape index (κ3) is 3.26. The number of furan rings is 1. The van der Waals surface area contributed by atoms with Gasteiger partial charge < -0.3 is 14.3 Å². The van der Waals surface area contributed by atoms with Crippen LogP contribution in [0.3, 0.4) is 0 Å². The van der Waals surface area contributed by atoms with Gasteiger partial charge in [-0.2, -0.15) is 0 Å². The number of aromatic amines is 1. The molecule has 5 heteroatoms. The number of rotatable bonds is 5. The lowest BCUT2D eigenvalue weighted by molar-refractivity contribution is -0.130. The molecule has 1 amide bonds. The number of hydrogen-bond acceptors (Lipinski definition) is 3. The third-order valence-electron chi connectivity index (χ3n) is 6.10. The van der Waals surface area contributed by atoms with Gasteiger partial charge in [-0.1, -0.05) is 13.0 Å². The monoisotopic (exact) mass is 375 g/mol. The molecule has 0 aromatic carbocycles. The number of carbonyl (C=O) groups is 1. The van der Waals surface area contributed by atoms with Crippen molar-refractivity contribution in [2.75, 3.05) is 13.1 Å². The predicted octanol–water partition coefficient (Wildman–Crippen LogP) is 4.53. The van der Waals surface area contributed by atoms with E-state index in [0.29, 0.717) is 25.3 Å². The van der Waals surface area contributed by atoms with E-state index in [4.69, 9.17) is 4.42 Å². The highest BCUT2D eigenvalue weighted by atomic mass is 16.3. The summed E-state index contributed by atoms with van der Waals surface area (Å²) in [4.78, 5) is 22.2. The van der Waals surface area contributed by atoms with Gasteiger partial charge in [0, 0.05) is 55.2 Å². The van der Waals surface area contributed by atoms with Gasteiger partial charge in [0.15, 0.2) is 0 Å². The Hall–Kier alpha value is -2.82. The normalized spacial score (nSPS) is 21.8. The van der Waals surface area contributed by atoms with E-state index in [1.807, 2.05) is 23.2 Å². The van der Waals surface area contributed by atoms with E-state index in [-0.39, 0.29) is 5.91 Å². The number of hydrogen-bond donors (Lipinski definition) is 1. The molecule has 3 aromatic heterocycles. The lowest BCUT2D eigenvalue weighted by Gasteiger charge is -2.26. The van der Waals surface area contributed by atoms with Crippen molar-refractivity contribution >= 4 is 22.5 Å². The largest absolute Gasteiger partial charge is 0.466 e. The van der Waals surface area contributed by atoms with E-state index >= 15 is 0 Å². The smallest absolute Gasteiger partial charge is 0.223 e. The summed E-state index contributed by atoms with van der Waals surface area (Å²) < 4.78 is 5.93. The van der Waals surface area contributed by atoms with Gasteiger partial charge in [0.05, 0.1) is 0 Å². The molecule has 2 atom stereocenters. The van der Waals surface area contributed by atoms with Crippen LogP contribution in [-0.2, 0) is 11.2 Å². The van der Waals surface area contributed by atoms with Crippen LogP contribution in [0, 0.1) is 5.92 Å². The average molecular weight is 375 g/mol. The fourth-order valence-electron chi connectivity index (χ4n) is 4.20. The summed E-state index contributed by atoms with van der Waals surface area (Å²) >= 11 is 0. The molecular weight excluding hydrogens is 350 g/mol. The van der Waals surface area contributed by atoms with Gasteiger partial charge in [0.2, 0.25) is 5.91 Å². The molecule has 1 aliphatic heterocycles. The minimum Gasteiger partial charge on any atom is -0.466 e. The Labute approximate surface area is 164 Å². The zero-order valence-electron chi connectivity index (χ0n) is 16.1. The fraction of sp³-hybridized carbons (Fsp3) is 0.391. The minimum absolute atomic E-state index is 0.202. The molecule has 0 radical (unpaired) electrons. The third-order valence-corrected chi connectivity index (χ3v) is 6.10. The summed E-state index contributed by atoms with van der Waals surface area (Å²) in [6, 6.07) is 8.17. The van der Waals surface area contributed by atoms with Gasteiger partial charge >= 0.3 is 0 Å². The Balaban J connectivity index is 1.19. The second-order valence-electron chi connectivity index (χ2n) is 8.04. The topological polar surface area (TPSA) is 62.1 Å². The van der Waals surface area contributed by atoms with Crippen LogP contribution in [0.15, 0.2) is 47.2 Å². The van der Waals surface area contributed by atoms with Crippen LogP contribution >= 0.6 is 0 Å². The lowest BCUT2D eigenvalue weighted by atomic mass is 9.99. The molecule has 1 fully saturated rings. The van der Waals surface area contributed by atoms with Gasteiger partial charge in [0.25, 0.3) is 0 Å². The first-order valence-electron chi connectivity index (χ1n) is 10.2. The summed E-state index contributed by atoms with van der Waals surface area (Å²) in [6.45, 7) is 3.69. The minimum atomic E-state index is 0.202. The SMILES string of the molecule is CC1CC1c1ccc(CCC(=O)N2CC=C(c3c[nH]c4ncccc34)CC2)o1. The number of nitrogens with one attached hydrogen (secondary N) is 1. The number of carbonyl (C=O) groups excluding carboxylic acids is 1. The second kappa shape index (κ2) is 6.97. The maximum absolute atomic E-state index is 12.6. The molecule has 144 valence electrons. The molecular formula is C23H25N3O2. The van der Waals surface area contributed by atoms with Crippen LogP contribution < -0.4 is 0 Å². The van der Waals surface area contributed by atoms with E-state index in [2.05, 4.69) is 35.1 Å². The first-order valence-corrected chi connectivity index (χ1v) is 10.2. The van der Waals surface area contributed by atoms with Crippen molar-refractivity contribution in [2.45, 2.75) is 38.5 Å². The molecule has 2 aliphatic rings. The highest BCUT2D eigenvalue weighted by Crippen LogP contribution is 2.47. The van der Waals surface area contributed by atoms with Crippen LogP contribution in [0.1, 0.15) is 49.2 Å². The Bertz CT molecular complexity index is 1040. The number of amides is 1. The van der Waals surface area contributed by atoms with Crippen molar-refractivity contribution in [2.24, 2.45) is 5.92 Å². The van der Waals surface area contributed by atoms with Crippen LogP contribution in [0.5, 0.6) is 0 Å². The predicted molar refractivity (Wildman–Crippen MR) is 109 cm³/mol. The van der Waals surface area contributed by atoms with E-state index in [9.17, 15) is 4.79 Å². The molecule has 0 bridgehead atoms. The molecule has 2 unspecified atom stereocenters. The number of H-pyrrole nitrogens is 1. The van der Waals surface area contributed by atoms with Gasteiger partial charge in [-0.15, -0.1) is 0 Å². The zero-order chi connectivity index (χ0) is 19.1. The highest BCUT2D eigenvalue weighted by Gasteiger charge is 2.36. The van der Waals surface area contributed by atoms with Crippen molar-refractivity contribution in [3.05, 3.63) is 59.8 Å². The van der Waals surface area contributed by atoms with Crippen molar-refractivity contribution < 1.29 is 9.21 Å². The maximum atomic E-state index is 12.6. The number of aromatic nitrogens is 2. The van der Waals surface area contributed by atoms with Crippen molar-refractivity contribution in [3.63, 3.8) is 0 Å². The van der Waals surface area contributed by atoms with E-state index < -0.39 is 0 Å². The van der Waals surface area contributed by atoms with Crippen molar-refractivity contribution in [1.29, 1.82) is 0 Å². The summed E-state index contributed by atoms with van der Waals surface area (Å²) in [5.41, 5.74) is 3.40. The summed E-state index contributed by atoms with van der Waals surface area (Å²) in [7, 11) is 0. The number of fused-ring (bicyclic) bond motifs is 1. The summed E-state index contributed by atoms with van der Waals surface area (Å²) in [5, 5.41) is 1.15. The molecule has 1 N–H and O–H groups in total. The molecule has 28 heavy (non-hydrogen) atoms. The molecule has 4 heterocycles. The van der Waals surface area contributed by atoms with E-state index in [1.165, 1.54) is 17.6 Å². The quantitative estimate of drug-likeness (QED) is 0.713. The van der Waals surface area contributed by atoms with E-state index in [1.54, 1.807) is 6.20 Å². The summed E-state index contributed by atoms with van der Waals surface area (Å²) in [6.07, 6.45) is 9.28. The molecule has 0 saturated heterocycles. The van der Waals surface area contributed by atoms with Gasteiger partial charge in [0.1, 0.15) is 17.2 Å². The van der Waals surface area contributed by atoms with Crippen molar-refractivity contribution in [1.82, 2.24) is 14.9 Å². The zero-order valence-corrected chi connectivity index (χ0v) is 16.1. The fourth-order valence-corrected chi connectivity index (χ4v) is 4.20. The van der Waals surface area contributed by atoms with Gasteiger partial charge in [-0.05, 0) is 48.6 Å². The standard InChI is InChI=1S/C23H25N3O2/c1-15-13-19(15)21-6-4-17(28-21)5-7-22(27)26-11-8-16(9-12-26)20-14-25-23-18(20)3-2-10-24-23/h2-4,6,8,10,14-15,19H,5,7,9,11-13H2,1H3,(H,24,25). The number of pyridine rings is 1. The highest BCUT2D eigenvalue weighted by molar-refractivity contribution is 5.91. The first-order chi connectivity index (χ1) is 13.7. The van der Waals surface area contributed by atoms with Gasteiger partial charge in [-0.3, -0.25) is 4.79 Å². The lowest BCUT2D eigenvalue weighted by Crippen LogP contribution is -2.34. The van der Waals surface area contributed by atoms with Crippen LogP contribution in [0.2, 0.25) is 0 Å². The molecule has 3 aromatic rings. The van der Waals surface area contributed by atoms with Crippen molar-refractivity contribution in [3.8, 4) is 0 Å². The Morgan fingerprint density at radius 3 is 3.04 bits per heavy atom. The Morgan fingerprint density at radius 1 is 1.36 bits per heavy atom. The van der Waals surface area contributed by atoms with Crippen LogP contribution in [-0.4, -0.2) is 33.9 Å². The number of aryl methyl sites for hydroxylation is 1. The second-order valence-corrected chi connectivity index (χ2v) is 8.04. The molecule has 1 aliphatic carbocycles. The molecule has 0 spiro atoms. The summed E-state index contributed by atoms with van der Waals surface area (Å²) in [5.74, 6) is 3.56. The number of nitrogens with zero attached hydrogens (tertiary/aromatic N) is 2. The van der Waals surface area contributed by atoms with E-state index in [0.717, 1.165) is 41.4 Å². The van der Waals surface area contributed by atoms with Gasteiger partial charge in [-0.25, -0.2) is 4.98 Å². The molecule has 5 rings (SSSR count). The molecule has 5 nitrogen and oxygen atoms in total. The Kier molecular flexibility index (Phi) is 4.30. The molecule has 1 saturated carbocycles.